The standard InChI is InChI=1S/C22H26N2O4S/c1-4-13-28-16-9-7-15(8-10-16)20(25)18-19(17-6-5-14-29-17)24(12-11-23(2)3)22(27)21(18)26/h5-10,14,19,25H,4,11-13H2,1-3H3/b20-18+/t19-/m0/s1. The minimum Gasteiger partial charge on any atom is -0.507 e. The van der Waals surface area contributed by atoms with E-state index in [0.717, 1.165) is 11.3 Å². The normalized spacial score (nSPS) is 18.6. The first-order valence-electron chi connectivity index (χ1n) is 9.63. The van der Waals surface area contributed by atoms with Crippen LogP contribution in [0, 0.1) is 0 Å². The number of ether oxygens (including phenoxy) is 1. The van der Waals surface area contributed by atoms with Gasteiger partial charge >= 0.3 is 0 Å². The lowest BCUT2D eigenvalue weighted by Crippen LogP contribution is -2.35. The molecule has 3 rings (SSSR count). The van der Waals surface area contributed by atoms with Crippen molar-refractivity contribution in [2.24, 2.45) is 0 Å². The van der Waals surface area contributed by atoms with Gasteiger partial charge in [-0.25, -0.2) is 0 Å². The largest absolute Gasteiger partial charge is 0.507 e. The highest BCUT2D eigenvalue weighted by Gasteiger charge is 2.46. The van der Waals surface area contributed by atoms with Crippen LogP contribution in [0.5, 0.6) is 5.75 Å². The van der Waals surface area contributed by atoms with Crippen molar-refractivity contribution in [1.29, 1.82) is 0 Å². The molecule has 29 heavy (non-hydrogen) atoms. The number of hydrogen-bond donors (Lipinski definition) is 1. The van der Waals surface area contributed by atoms with Gasteiger partial charge in [-0.1, -0.05) is 13.0 Å². The van der Waals surface area contributed by atoms with Gasteiger partial charge in [0.1, 0.15) is 11.5 Å². The van der Waals surface area contributed by atoms with Gasteiger partial charge in [0.2, 0.25) is 0 Å². The van der Waals surface area contributed by atoms with Gasteiger partial charge in [0.25, 0.3) is 11.7 Å². The van der Waals surface area contributed by atoms with Crippen LogP contribution in [0.4, 0.5) is 0 Å². The highest BCUT2D eigenvalue weighted by molar-refractivity contribution is 7.10. The second-order valence-corrected chi connectivity index (χ2v) is 8.16. The Labute approximate surface area is 175 Å². The Kier molecular flexibility index (Phi) is 6.71. The first-order valence-corrected chi connectivity index (χ1v) is 10.5. The van der Waals surface area contributed by atoms with Crippen LogP contribution in [0.15, 0.2) is 47.4 Å². The molecule has 0 radical (unpaired) electrons. The average Bonchev–Trinajstić information content (AvgIpc) is 3.32. The van der Waals surface area contributed by atoms with Crippen molar-refractivity contribution < 1.29 is 19.4 Å². The van der Waals surface area contributed by atoms with E-state index < -0.39 is 17.7 Å². The maximum absolute atomic E-state index is 12.8. The number of nitrogens with zero attached hydrogens (tertiary/aromatic N) is 2. The molecule has 1 aliphatic rings. The molecule has 1 aromatic carbocycles. The number of carbonyl (C=O) groups excluding carboxylic acids is 2. The Bertz CT molecular complexity index is 888. The molecule has 0 bridgehead atoms. The Morgan fingerprint density at radius 1 is 1.21 bits per heavy atom. The van der Waals surface area contributed by atoms with E-state index in [1.54, 1.807) is 29.2 Å². The van der Waals surface area contributed by atoms with Crippen molar-refractivity contribution in [3.05, 3.63) is 57.8 Å². The van der Waals surface area contributed by atoms with Gasteiger partial charge in [-0.3, -0.25) is 9.59 Å². The summed E-state index contributed by atoms with van der Waals surface area (Å²) in [5.74, 6) is -0.679. The van der Waals surface area contributed by atoms with Crippen LogP contribution < -0.4 is 4.74 Å². The number of thiophene rings is 1. The number of Topliss-reactive ketones (excluding diaryl/α,β-unsaturated/α-hetero) is 1. The van der Waals surface area contributed by atoms with Gasteiger partial charge in [0, 0.05) is 23.5 Å². The van der Waals surface area contributed by atoms with Crippen molar-refractivity contribution in [1.82, 2.24) is 9.80 Å². The molecule has 154 valence electrons. The highest BCUT2D eigenvalue weighted by Crippen LogP contribution is 2.41. The van der Waals surface area contributed by atoms with E-state index >= 15 is 0 Å². The second kappa shape index (κ2) is 9.24. The fourth-order valence-corrected chi connectivity index (χ4v) is 4.09. The van der Waals surface area contributed by atoms with Crippen LogP contribution in [0.25, 0.3) is 5.76 Å². The summed E-state index contributed by atoms with van der Waals surface area (Å²) in [6, 6.07) is 10.1. The zero-order valence-electron chi connectivity index (χ0n) is 16.9. The van der Waals surface area contributed by atoms with Crippen LogP contribution in [0.1, 0.15) is 29.8 Å². The number of aliphatic hydroxyl groups excluding tert-OH is 1. The summed E-state index contributed by atoms with van der Waals surface area (Å²) in [5, 5.41) is 12.9. The predicted octanol–water partition coefficient (Wildman–Crippen LogP) is 3.52. The highest BCUT2D eigenvalue weighted by atomic mass is 32.1. The average molecular weight is 415 g/mol. The number of likely N-dealkylation sites (N-methyl/N-ethyl adjacent to an activating group) is 1. The van der Waals surface area contributed by atoms with Crippen LogP contribution in [0.3, 0.4) is 0 Å². The summed E-state index contributed by atoms with van der Waals surface area (Å²) in [6.07, 6.45) is 0.902. The number of rotatable bonds is 8. The Balaban J connectivity index is 1.99. The monoisotopic (exact) mass is 414 g/mol. The van der Waals surface area contributed by atoms with Crippen molar-refractivity contribution in [2.75, 3.05) is 33.8 Å². The SMILES string of the molecule is CCCOc1ccc(/C(O)=C2\C(=O)C(=O)N(CCN(C)C)[C@H]2c2cccs2)cc1. The third kappa shape index (κ3) is 4.52. The molecule has 1 N–H and O–H groups in total. The number of amides is 1. The molecule has 0 saturated carbocycles. The number of hydrogen-bond acceptors (Lipinski definition) is 6. The van der Waals surface area contributed by atoms with Crippen LogP contribution >= 0.6 is 11.3 Å². The van der Waals surface area contributed by atoms with Gasteiger partial charge < -0.3 is 19.6 Å². The molecule has 0 aliphatic carbocycles. The van der Waals surface area contributed by atoms with Gasteiger partial charge in [0.15, 0.2) is 0 Å². The smallest absolute Gasteiger partial charge is 0.295 e. The van der Waals surface area contributed by atoms with Crippen molar-refractivity contribution >= 4 is 28.8 Å². The lowest BCUT2D eigenvalue weighted by Gasteiger charge is -2.25. The third-order valence-corrected chi connectivity index (χ3v) is 5.67. The van der Waals surface area contributed by atoms with E-state index in [0.29, 0.717) is 31.0 Å². The maximum atomic E-state index is 12.8. The van der Waals surface area contributed by atoms with E-state index in [1.807, 2.05) is 43.4 Å². The molecular weight excluding hydrogens is 388 g/mol. The third-order valence-electron chi connectivity index (χ3n) is 4.74. The second-order valence-electron chi connectivity index (χ2n) is 7.18. The van der Waals surface area contributed by atoms with E-state index in [9.17, 15) is 14.7 Å². The lowest BCUT2D eigenvalue weighted by molar-refractivity contribution is -0.140. The molecule has 1 aromatic heterocycles. The summed E-state index contributed by atoms with van der Waals surface area (Å²) in [6.45, 7) is 3.67. The summed E-state index contributed by atoms with van der Waals surface area (Å²) in [4.78, 5) is 30.0. The topological polar surface area (TPSA) is 70.1 Å². The molecule has 1 atom stereocenters. The van der Waals surface area contributed by atoms with E-state index in [1.165, 1.54) is 11.3 Å². The molecule has 0 unspecified atom stereocenters. The zero-order valence-corrected chi connectivity index (χ0v) is 17.7. The lowest BCUT2D eigenvalue weighted by atomic mass is 10.00. The fraction of sp³-hybridized carbons (Fsp3) is 0.364. The molecule has 7 heteroatoms. The minimum absolute atomic E-state index is 0.137. The predicted molar refractivity (Wildman–Crippen MR) is 114 cm³/mol. The molecule has 2 heterocycles. The minimum atomic E-state index is -0.647. The molecule has 6 nitrogen and oxygen atoms in total. The summed E-state index contributed by atoms with van der Waals surface area (Å²) < 4.78 is 5.58. The molecule has 1 aliphatic heterocycles. The van der Waals surface area contributed by atoms with Crippen LogP contribution in [-0.2, 0) is 9.59 Å². The van der Waals surface area contributed by atoms with E-state index in [4.69, 9.17) is 4.74 Å². The number of likely N-dealkylation sites (tertiary alicyclic amines) is 1. The van der Waals surface area contributed by atoms with Gasteiger partial charge in [-0.15, -0.1) is 11.3 Å². The Morgan fingerprint density at radius 3 is 2.52 bits per heavy atom. The summed E-state index contributed by atoms with van der Waals surface area (Å²) >= 11 is 1.47. The molecule has 1 saturated heterocycles. The van der Waals surface area contributed by atoms with Crippen molar-refractivity contribution in [2.45, 2.75) is 19.4 Å². The van der Waals surface area contributed by atoms with Gasteiger partial charge in [0.05, 0.1) is 18.2 Å². The molecule has 0 spiro atoms. The molecule has 1 amide bonds. The number of aliphatic hydroxyl groups is 1. The van der Waals surface area contributed by atoms with Gasteiger partial charge in [-0.2, -0.15) is 0 Å². The molecule has 2 aromatic rings. The quantitative estimate of drug-likeness (QED) is 0.407. The first kappa shape index (κ1) is 21.1. The van der Waals surface area contributed by atoms with Crippen molar-refractivity contribution in [3.8, 4) is 5.75 Å². The van der Waals surface area contributed by atoms with E-state index in [-0.39, 0.29) is 11.3 Å². The Hall–Kier alpha value is -2.64. The number of benzene rings is 1. The summed E-state index contributed by atoms with van der Waals surface area (Å²) in [5.41, 5.74) is 0.624. The maximum Gasteiger partial charge on any atom is 0.295 e. The number of ketones is 1. The zero-order chi connectivity index (χ0) is 21.0. The Morgan fingerprint density at radius 2 is 1.93 bits per heavy atom. The van der Waals surface area contributed by atoms with Crippen LogP contribution in [0.2, 0.25) is 0 Å². The fourth-order valence-electron chi connectivity index (χ4n) is 3.25. The molecule has 1 fully saturated rings. The number of carbonyl (C=O) groups is 2. The van der Waals surface area contributed by atoms with Crippen LogP contribution in [-0.4, -0.2) is 60.4 Å². The van der Waals surface area contributed by atoms with E-state index in [2.05, 4.69) is 0 Å². The van der Waals surface area contributed by atoms with Crippen molar-refractivity contribution in [3.63, 3.8) is 0 Å². The summed E-state index contributed by atoms with van der Waals surface area (Å²) in [7, 11) is 3.83. The first-order chi connectivity index (χ1) is 13.9. The molecular formula is C22H26N2O4S. The van der Waals surface area contributed by atoms with Gasteiger partial charge in [-0.05, 0) is 56.2 Å².